The fourth-order valence-corrected chi connectivity index (χ4v) is 5.17. The first kappa shape index (κ1) is 30.1. The molecule has 0 spiro atoms. The topological polar surface area (TPSA) is 86.1 Å². The van der Waals surface area contributed by atoms with Crippen LogP contribution in [0.3, 0.4) is 0 Å². The molecule has 1 saturated heterocycles. The summed E-state index contributed by atoms with van der Waals surface area (Å²) in [5.74, 6) is -0.346. The number of alkyl halides is 3. The fraction of sp³-hybridized carbons (Fsp3) is 0.679. The number of benzene rings is 1. The van der Waals surface area contributed by atoms with Gasteiger partial charge in [0.2, 0.25) is 0 Å². The van der Waals surface area contributed by atoms with Gasteiger partial charge in [0, 0.05) is 38.2 Å². The SMILES string of the molecule is COCCCn1nc(C)c2c(C(F)(F)F)cc(C(C)N(C(=O)[C@H]3CN(C(=O)OC(C)(C)C)CCO3)C3CC3)cc21. The Labute approximate surface area is 232 Å². The predicted octanol–water partition coefficient (Wildman–Crippen LogP) is 5.09. The molecule has 0 bridgehead atoms. The number of hydrogen-bond donors (Lipinski definition) is 0. The molecule has 0 radical (unpaired) electrons. The van der Waals surface area contributed by atoms with Gasteiger partial charge in [-0.15, -0.1) is 0 Å². The summed E-state index contributed by atoms with van der Waals surface area (Å²) in [6, 6.07) is 2.08. The van der Waals surface area contributed by atoms with Crippen molar-refractivity contribution in [2.24, 2.45) is 0 Å². The van der Waals surface area contributed by atoms with E-state index in [1.165, 1.54) is 4.90 Å². The van der Waals surface area contributed by atoms with Crippen molar-refractivity contribution in [3.63, 3.8) is 0 Å². The van der Waals surface area contributed by atoms with Crippen LogP contribution < -0.4 is 0 Å². The van der Waals surface area contributed by atoms with Gasteiger partial charge in [0.15, 0.2) is 6.10 Å². The van der Waals surface area contributed by atoms with Crippen molar-refractivity contribution in [1.82, 2.24) is 19.6 Å². The zero-order valence-corrected chi connectivity index (χ0v) is 24.0. The molecule has 1 aliphatic carbocycles. The van der Waals surface area contributed by atoms with Crippen LogP contribution in [0.25, 0.3) is 10.9 Å². The minimum atomic E-state index is -4.60. The standard InChI is InChI=1S/C28H39F3N4O5/c1-17-24-21(28(29,30)31)14-19(15-22(24)34(32-17)10-7-12-38-6)18(2)35(20-8-9-20)25(36)23-16-33(11-13-39-23)26(37)40-27(3,4)5/h14-15,18,20,23H,7-13,16H2,1-6H3/t18?,23-/m1/s1. The van der Waals surface area contributed by atoms with Crippen molar-refractivity contribution < 1.29 is 37.0 Å². The summed E-state index contributed by atoms with van der Waals surface area (Å²) in [7, 11) is 1.57. The molecule has 2 heterocycles. The van der Waals surface area contributed by atoms with Crippen LogP contribution in [0, 0.1) is 6.92 Å². The van der Waals surface area contributed by atoms with Crippen molar-refractivity contribution in [3.05, 3.63) is 29.0 Å². The minimum absolute atomic E-state index is 0.0159. The van der Waals surface area contributed by atoms with Crippen molar-refractivity contribution >= 4 is 22.9 Å². The quantitative estimate of drug-likeness (QED) is 0.413. The summed E-state index contributed by atoms with van der Waals surface area (Å²) in [6.45, 7) is 9.92. The molecule has 222 valence electrons. The summed E-state index contributed by atoms with van der Waals surface area (Å²) in [5.41, 5.74) is -0.416. The van der Waals surface area contributed by atoms with Crippen LogP contribution in [0.5, 0.6) is 0 Å². The molecule has 9 nitrogen and oxygen atoms in total. The number of ether oxygens (including phenoxy) is 3. The third kappa shape index (κ3) is 6.71. The number of hydrogen-bond acceptors (Lipinski definition) is 6. The second kappa shape index (κ2) is 11.6. The molecule has 1 aromatic heterocycles. The summed E-state index contributed by atoms with van der Waals surface area (Å²) in [6.07, 6.45) is -3.97. The van der Waals surface area contributed by atoms with E-state index in [1.807, 2.05) is 0 Å². The Morgan fingerprint density at radius 3 is 2.52 bits per heavy atom. The van der Waals surface area contributed by atoms with Gasteiger partial charge in [0.25, 0.3) is 5.91 Å². The Bertz CT molecular complexity index is 1240. The average Bonchev–Trinajstić information content (AvgIpc) is 3.65. The number of rotatable bonds is 8. The van der Waals surface area contributed by atoms with E-state index < -0.39 is 35.6 Å². The molecule has 2 aliphatic rings. The van der Waals surface area contributed by atoms with Crippen molar-refractivity contribution in [3.8, 4) is 0 Å². The number of carbonyl (C=O) groups excluding carboxylic acids is 2. The van der Waals surface area contributed by atoms with E-state index in [4.69, 9.17) is 14.2 Å². The van der Waals surface area contributed by atoms with E-state index in [0.29, 0.717) is 36.3 Å². The predicted molar refractivity (Wildman–Crippen MR) is 142 cm³/mol. The normalized spacial score (nSPS) is 19.1. The number of morpholine rings is 1. The highest BCUT2D eigenvalue weighted by molar-refractivity contribution is 5.87. The van der Waals surface area contributed by atoms with Gasteiger partial charge in [0.05, 0.1) is 36.0 Å². The van der Waals surface area contributed by atoms with E-state index in [9.17, 15) is 22.8 Å². The maximum Gasteiger partial charge on any atom is 0.417 e. The third-order valence-electron chi connectivity index (χ3n) is 7.16. The Kier molecular flexibility index (Phi) is 8.70. The van der Waals surface area contributed by atoms with Gasteiger partial charge in [-0.2, -0.15) is 18.3 Å². The van der Waals surface area contributed by atoms with E-state index >= 15 is 0 Å². The lowest BCUT2D eigenvalue weighted by Crippen LogP contribution is -2.54. The van der Waals surface area contributed by atoms with Gasteiger partial charge in [-0.05, 0) is 71.6 Å². The molecule has 40 heavy (non-hydrogen) atoms. The zero-order valence-electron chi connectivity index (χ0n) is 24.0. The van der Waals surface area contributed by atoms with Crippen LogP contribution in [0.15, 0.2) is 12.1 Å². The molecule has 1 aromatic carbocycles. The number of carbonyl (C=O) groups is 2. The second-order valence-corrected chi connectivity index (χ2v) is 11.6. The Morgan fingerprint density at radius 1 is 1.23 bits per heavy atom. The van der Waals surface area contributed by atoms with Gasteiger partial charge in [-0.1, -0.05) is 0 Å². The van der Waals surface area contributed by atoms with Crippen molar-refractivity contribution in [1.29, 1.82) is 0 Å². The van der Waals surface area contributed by atoms with Crippen molar-refractivity contribution in [2.75, 3.05) is 33.4 Å². The molecule has 2 amide bonds. The molecule has 2 atom stereocenters. The number of nitrogens with zero attached hydrogens (tertiary/aromatic N) is 4. The number of halogens is 3. The van der Waals surface area contributed by atoms with Gasteiger partial charge in [-0.3, -0.25) is 9.48 Å². The fourth-order valence-electron chi connectivity index (χ4n) is 5.17. The Hall–Kier alpha value is -2.86. The smallest absolute Gasteiger partial charge is 0.417 e. The zero-order chi connectivity index (χ0) is 29.4. The number of amides is 2. The lowest BCUT2D eigenvalue weighted by atomic mass is 9.98. The monoisotopic (exact) mass is 568 g/mol. The lowest BCUT2D eigenvalue weighted by Gasteiger charge is -2.38. The summed E-state index contributed by atoms with van der Waals surface area (Å²) >= 11 is 0. The summed E-state index contributed by atoms with van der Waals surface area (Å²) in [5, 5.41) is 4.46. The van der Waals surface area contributed by atoms with E-state index in [0.717, 1.165) is 18.9 Å². The molecule has 12 heteroatoms. The largest absolute Gasteiger partial charge is 0.444 e. The Balaban J connectivity index is 1.65. The van der Waals surface area contributed by atoms with Crippen molar-refractivity contribution in [2.45, 2.75) is 90.4 Å². The molecule has 4 rings (SSSR count). The molecular weight excluding hydrogens is 529 g/mol. The van der Waals surface area contributed by atoms with Crippen LogP contribution in [0.2, 0.25) is 0 Å². The number of aryl methyl sites for hydroxylation is 2. The molecular formula is C28H39F3N4O5. The van der Waals surface area contributed by atoms with Crippen LogP contribution >= 0.6 is 0 Å². The lowest BCUT2D eigenvalue weighted by molar-refractivity contribution is -0.151. The van der Waals surface area contributed by atoms with Crippen LogP contribution in [-0.2, 0) is 31.7 Å². The average molecular weight is 569 g/mol. The molecule has 1 unspecified atom stereocenters. The molecule has 2 fully saturated rings. The highest BCUT2D eigenvalue weighted by atomic mass is 19.4. The molecule has 1 aliphatic heterocycles. The van der Waals surface area contributed by atoms with Crippen LogP contribution in [0.1, 0.15) is 69.8 Å². The molecule has 1 saturated carbocycles. The number of aromatic nitrogens is 2. The maximum atomic E-state index is 14.3. The Morgan fingerprint density at radius 2 is 1.93 bits per heavy atom. The highest BCUT2D eigenvalue weighted by Gasteiger charge is 2.43. The highest BCUT2D eigenvalue weighted by Crippen LogP contribution is 2.41. The first-order chi connectivity index (χ1) is 18.7. The van der Waals surface area contributed by atoms with E-state index in [-0.39, 0.29) is 37.0 Å². The first-order valence-electron chi connectivity index (χ1n) is 13.7. The minimum Gasteiger partial charge on any atom is -0.444 e. The third-order valence-corrected chi connectivity index (χ3v) is 7.16. The maximum absolute atomic E-state index is 14.3. The van der Waals surface area contributed by atoms with E-state index in [1.54, 1.807) is 57.4 Å². The molecule has 2 aromatic rings. The van der Waals surface area contributed by atoms with Crippen LogP contribution in [0.4, 0.5) is 18.0 Å². The second-order valence-electron chi connectivity index (χ2n) is 11.6. The summed E-state index contributed by atoms with van der Waals surface area (Å²) in [4.78, 5) is 29.5. The van der Waals surface area contributed by atoms with Gasteiger partial charge < -0.3 is 24.0 Å². The van der Waals surface area contributed by atoms with Gasteiger partial charge >= 0.3 is 12.3 Å². The van der Waals surface area contributed by atoms with Crippen LogP contribution in [-0.4, -0.2) is 82.7 Å². The first-order valence-corrected chi connectivity index (χ1v) is 13.7. The number of methoxy groups -OCH3 is 1. The summed E-state index contributed by atoms with van der Waals surface area (Å²) < 4.78 is 60.9. The molecule has 0 N–H and O–H groups in total. The van der Waals surface area contributed by atoms with Gasteiger partial charge in [-0.25, -0.2) is 4.79 Å². The number of fused-ring (bicyclic) bond motifs is 1. The van der Waals surface area contributed by atoms with Gasteiger partial charge in [0.1, 0.15) is 5.60 Å². The van der Waals surface area contributed by atoms with E-state index in [2.05, 4.69) is 5.10 Å².